The number of methoxy groups -OCH3 is 1. The van der Waals surface area contributed by atoms with E-state index in [9.17, 15) is 14.4 Å². The van der Waals surface area contributed by atoms with Gasteiger partial charge in [0.15, 0.2) is 11.9 Å². The minimum atomic E-state index is -1.41. The van der Waals surface area contributed by atoms with Crippen LogP contribution >= 0.6 is 11.6 Å². The molecule has 0 bridgehead atoms. The lowest BCUT2D eigenvalue weighted by atomic mass is 10.0. The molecule has 0 radical (unpaired) electrons. The van der Waals surface area contributed by atoms with Crippen molar-refractivity contribution < 1.29 is 23.9 Å². The molecule has 0 saturated heterocycles. The van der Waals surface area contributed by atoms with Gasteiger partial charge >= 0.3 is 6.09 Å². The number of carbonyl (C=O) groups excluding carboxylic acids is 3. The van der Waals surface area contributed by atoms with Gasteiger partial charge in [0, 0.05) is 16.1 Å². The number of halogens is 1. The highest BCUT2D eigenvalue weighted by Gasteiger charge is 2.21. The van der Waals surface area contributed by atoms with Crippen LogP contribution < -0.4 is 21.1 Å². The molecule has 0 heterocycles. The standard InChI is InChI=1S/C24H22ClN3O5/c1-32-18-11-12-20(19(13-18)21(29)16-7-9-17(25)10-8-16)27-23(30)22(26)28-24(31)33-14-15-5-3-2-4-6-15/h2-13,22H,14,26H2,1H3,(H,27,30)(H,28,31). The normalized spacial score (nSPS) is 11.2. The van der Waals surface area contributed by atoms with Crippen LogP contribution in [-0.4, -0.2) is 31.1 Å². The average Bonchev–Trinajstić information content (AvgIpc) is 2.83. The van der Waals surface area contributed by atoms with Crippen molar-refractivity contribution in [1.29, 1.82) is 0 Å². The Labute approximate surface area is 195 Å². The van der Waals surface area contributed by atoms with E-state index in [2.05, 4.69) is 10.6 Å². The second kappa shape index (κ2) is 11.1. The second-order valence-corrected chi connectivity index (χ2v) is 7.36. The average molecular weight is 468 g/mol. The number of anilines is 1. The Kier molecular flexibility index (Phi) is 8.01. The predicted octanol–water partition coefficient (Wildman–Crippen LogP) is 3.73. The zero-order valence-electron chi connectivity index (χ0n) is 17.7. The molecular weight excluding hydrogens is 446 g/mol. The van der Waals surface area contributed by atoms with Crippen LogP contribution in [0, 0.1) is 0 Å². The maximum absolute atomic E-state index is 13.0. The topological polar surface area (TPSA) is 120 Å². The Balaban J connectivity index is 1.68. The van der Waals surface area contributed by atoms with Crippen molar-refractivity contribution in [1.82, 2.24) is 5.32 Å². The molecule has 0 spiro atoms. The summed E-state index contributed by atoms with van der Waals surface area (Å²) in [7, 11) is 1.46. The lowest BCUT2D eigenvalue weighted by molar-refractivity contribution is -0.118. The number of nitrogens with one attached hydrogen (secondary N) is 2. The van der Waals surface area contributed by atoms with Crippen LogP contribution in [0.1, 0.15) is 21.5 Å². The van der Waals surface area contributed by atoms with Crippen molar-refractivity contribution in [2.24, 2.45) is 5.73 Å². The van der Waals surface area contributed by atoms with Gasteiger partial charge in [-0.2, -0.15) is 0 Å². The van der Waals surface area contributed by atoms with E-state index in [-0.39, 0.29) is 23.6 Å². The number of benzene rings is 3. The molecule has 3 rings (SSSR count). The number of hydrogen-bond donors (Lipinski definition) is 3. The second-order valence-electron chi connectivity index (χ2n) is 6.92. The number of nitrogens with two attached hydrogens (primary N) is 1. The molecule has 3 aromatic rings. The molecule has 33 heavy (non-hydrogen) atoms. The summed E-state index contributed by atoms with van der Waals surface area (Å²) in [5.74, 6) is -0.663. The molecule has 8 nitrogen and oxygen atoms in total. The first-order valence-electron chi connectivity index (χ1n) is 9.89. The molecule has 0 aromatic heterocycles. The van der Waals surface area contributed by atoms with E-state index < -0.39 is 18.2 Å². The molecule has 1 unspecified atom stereocenters. The first kappa shape index (κ1) is 23.8. The lowest BCUT2D eigenvalue weighted by Crippen LogP contribution is -2.50. The number of ether oxygens (including phenoxy) is 2. The van der Waals surface area contributed by atoms with Gasteiger partial charge < -0.3 is 20.5 Å². The molecule has 0 fully saturated rings. The number of carbonyl (C=O) groups is 3. The summed E-state index contributed by atoms with van der Waals surface area (Å²) < 4.78 is 10.3. The van der Waals surface area contributed by atoms with Crippen LogP contribution in [0.3, 0.4) is 0 Å². The van der Waals surface area contributed by atoms with E-state index in [1.165, 1.54) is 19.2 Å². The zero-order chi connectivity index (χ0) is 23.8. The third kappa shape index (κ3) is 6.55. The Morgan fingerprint density at radius 3 is 2.36 bits per heavy atom. The maximum Gasteiger partial charge on any atom is 0.409 e. The largest absolute Gasteiger partial charge is 0.497 e. The molecule has 3 aromatic carbocycles. The summed E-state index contributed by atoms with van der Waals surface area (Å²) in [6, 6.07) is 20.0. The third-order valence-electron chi connectivity index (χ3n) is 4.60. The van der Waals surface area contributed by atoms with Gasteiger partial charge in [0.1, 0.15) is 12.4 Å². The molecule has 0 aliphatic heterocycles. The van der Waals surface area contributed by atoms with E-state index in [1.54, 1.807) is 42.5 Å². The predicted molar refractivity (Wildman–Crippen MR) is 124 cm³/mol. The Morgan fingerprint density at radius 1 is 1.00 bits per heavy atom. The van der Waals surface area contributed by atoms with Gasteiger partial charge in [-0.25, -0.2) is 4.79 Å². The Hall–Kier alpha value is -3.88. The highest BCUT2D eigenvalue weighted by Crippen LogP contribution is 2.25. The number of rotatable bonds is 8. The molecule has 2 amide bonds. The Morgan fingerprint density at radius 2 is 1.70 bits per heavy atom. The SMILES string of the molecule is COc1ccc(NC(=O)C(N)NC(=O)OCc2ccccc2)c(C(=O)c2ccc(Cl)cc2)c1. The molecule has 0 saturated carbocycles. The van der Waals surface area contributed by atoms with Crippen LogP contribution in [0.2, 0.25) is 5.02 Å². The molecule has 1 atom stereocenters. The Bertz CT molecular complexity index is 1140. The first-order chi connectivity index (χ1) is 15.9. The molecule has 0 aliphatic rings. The van der Waals surface area contributed by atoms with Gasteiger partial charge in [0.2, 0.25) is 0 Å². The maximum atomic E-state index is 13.0. The summed E-state index contributed by atoms with van der Waals surface area (Å²) in [4.78, 5) is 37.6. The van der Waals surface area contributed by atoms with Crippen molar-refractivity contribution in [2.45, 2.75) is 12.8 Å². The minimum absolute atomic E-state index is 0.0270. The van der Waals surface area contributed by atoms with E-state index in [1.807, 2.05) is 18.2 Å². The van der Waals surface area contributed by atoms with Crippen LogP contribution in [-0.2, 0) is 16.1 Å². The van der Waals surface area contributed by atoms with Crippen molar-refractivity contribution in [3.8, 4) is 5.75 Å². The molecule has 0 aliphatic carbocycles. The molecular formula is C24H22ClN3O5. The van der Waals surface area contributed by atoms with Crippen LogP contribution in [0.15, 0.2) is 72.8 Å². The highest BCUT2D eigenvalue weighted by atomic mass is 35.5. The van der Waals surface area contributed by atoms with E-state index in [4.69, 9.17) is 26.8 Å². The molecule has 170 valence electrons. The van der Waals surface area contributed by atoms with Gasteiger partial charge in [0.25, 0.3) is 5.91 Å². The smallest absolute Gasteiger partial charge is 0.409 e. The summed E-state index contributed by atoms with van der Waals surface area (Å²) in [6.45, 7) is 0.0270. The summed E-state index contributed by atoms with van der Waals surface area (Å²) >= 11 is 5.90. The summed E-state index contributed by atoms with van der Waals surface area (Å²) in [5.41, 5.74) is 7.34. The van der Waals surface area contributed by atoms with Gasteiger partial charge in [-0.05, 0) is 48.0 Å². The van der Waals surface area contributed by atoms with Gasteiger partial charge in [-0.3, -0.25) is 14.9 Å². The van der Waals surface area contributed by atoms with Crippen molar-refractivity contribution in [3.63, 3.8) is 0 Å². The van der Waals surface area contributed by atoms with Gasteiger partial charge in [-0.15, -0.1) is 0 Å². The highest BCUT2D eigenvalue weighted by molar-refractivity contribution is 6.30. The summed E-state index contributed by atoms with van der Waals surface area (Å²) in [5, 5.41) is 5.31. The van der Waals surface area contributed by atoms with Crippen LogP contribution in [0.25, 0.3) is 0 Å². The number of hydrogen-bond acceptors (Lipinski definition) is 6. The monoisotopic (exact) mass is 467 g/mol. The van der Waals surface area contributed by atoms with Crippen LogP contribution in [0.5, 0.6) is 5.75 Å². The molecule has 4 N–H and O–H groups in total. The van der Waals surface area contributed by atoms with E-state index in [0.717, 1.165) is 5.56 Å². The third-order valence-corrected chi connectivity index (χ3v) is 4.86. The number of amides is 2. The fourth-order valence-electron chi connectivity index (χ4n) is 2.87. The fraction of sp³-hybridized carbons (Fsp3) is 0.125. The number of alkyl carbamates (subject to hydrolysis) is 1. The quantitative estimate of drug-likeness (QED) is 0.343. The van der Waals surface area contributed by atoms with E-state index in [0.29, 0.717) is 16.3 Å². The minimum Gasteiger partial charge on any atom is -0.497 e. The van der Waals surface area contributed by atoms with Gasteiger partial charge in [0.05, 0.1) is 12.8 Å². The van der Waals surface area contributed by atoms with Crippen molar-refractivity contribution >= 4 is 35.1 Å². The van der Waals surface area contributed by atoms with Crippen molar-refractivity contribution in [2.75, 3.05) is 12.4 Å². The van der Waals surface area contributed by atoms with Gasteiger partial charge in [-0.1, -0.05) is 41.9 Å². The summed E-state index contributed by atoms with van der Waals surface area (Å²) in [6.07, 6.45) is -2.26. The molecule has 9 heteroatoms. The van der Waals surface area contributed by atoms with Crippen LogP contribution in [0.4, 0.5) is 10.5 Å². The first-order valence-corrected chi connectivity index (χ1v) is 10.3. The fourth-order valence-corrected chi connectivity index (χ4v) is 3.00. The lowest BCUT2D eigenvalue weighted by Gasteiger charge is -2.16. The van der Waals surface area contributed by atoms with E-state index >= 15 is 0 Å². The number of ketones is 1. The van der Waals surface area contributed by atoms with Crippen molar-refractivity contribution in [3.05, 3.63) is 94.5 Å². The zero-order valence-corrected chi connectivity index (χ0v) is 18.5.